The number of rotatable bonds is 2. The summed E-state index contributed by atoms with van der Waals surface area (Å²) in [6, 6.07) is -0.304. The summed E-state index contributed by atoms with van der Waals surface area (Å²) in [7, 11) is 0. The van der Waals surface area contributed by atoms with Crippen molar-refractivity contribution < 1.29 is 19.4 Å². The molecule has 2 fully saturated rings. The second-order valence-electron chi connectivity index (χ2n) is 5.65. The lowest BCUT2D eigenvalue weighted by molar-refractivity contribution is -0.144. The summed E-state index contributed by atoms with van der Waals surface area (Å²) in [5.41, 5.74) is -1.26. The first-order valence-corrected chi connectivity index (χ1v) is 7.35. The Balaban J connectivity index is 2.02. The van der Waals surface area contributed by atoms with Crippen LogP contribution in [0.2, 0.25) is 0 Å². The van der Waals surface area contributed by atoms with Gasteiger partial charge in [0.15, 0.2) is 5.54 Å². The molecule has 0 spiro atoms. The van der Waals surface area contributed by atoms with E-state index in [9.17, 15) is 14.7 Å². The topological polar surface area (TPSA) is 78.9 Å². The normalized spacial score (nSPS) is 30.1. The van der Waals surface area contributed by atoms with Crippen LogP contribution in [0.3, 0.4) is 0 Å². The molecule has 0 aromatic heterocycles. The number of hydrogen-bond acceptors (Lipinski definition) is 4. The zero-order valence-electron chi connectivity index (χ0n) is 11.3. The number of carbonyl (C=O) groups excluding carboxylic acids is 1. The van der Waals surface area contributed by atoms with E-state index in [1.165, 1.54) is 0 Å². The van der Waals surface area contributed by atoms with E-state index < -0.39 is 11.5 Å². The van der Waals surface area contributed by atoms with Crippen molar-refractivity contribution >= 4 is 23.8 Å². The van der Waals surface area contributed by atoms with Gasteiger partial charge in [-0.2, -0.15) is 11.8 Å². The van der Waals surface area contributed by atoms with E-state index in [1.807, 2.05) is 11.8 Å². The fraction of sp³-hybridized carbons (Fsp3) is 0.833. The van der Waals surface area contributed by atoms with Gasteiger partial charge in [-0.1, -0.05) is 0 Å². The van der Waals surface area contributed by atoms with Crippen LogP contribution in [0.5, 0.6) is 0 Å². The molecule has 2 rings (SSSR count). The zero-order valence-corrected chi connectivity index (χ0v) is 12.1. The van der Waals surface area contributed by atoms with Crippen LogP contribution in [0.25, 0.3) is 0 Å². The zero-order chi connectivity index (χ0) is 14.1. The Bertz CT molecular complexity index is 380. The molecule has 6 nitrogen and oxygen atoms in total. The Morgan fingerprint density at radius 1 is 1.42 bits per heavy atom. The predicted molar refractivity (Wildman–Crippen MR) is 72.4 cm³/mol. The molecule has 0 aliphatic carbocycles. The molecule has 108 valence electrons. The number of nitrogens with one attached hydrogen (secondary N) is 1. The van der Waals surface area contributed by atoms with E-state index in [0.29, 0.717) is 26.1 Å². The molecule has 0 radical (unpaired) electrons. The second-order valence-corrected chi connectivity index (χ2v) is 7.45. The van der Waals surface area contributed by atoms with Gasteiger partial charge >= 0.3 is 12.0 Å². The van der Waals surface area contributed by atoms with Gasteiger partial charge in [0.2, 0.25) is 0 Å². The minimum atomic E-state index is -1.26. The van der Waals surface area contributed by atoms with E-state index in [4.69, 9.17) is 4.74 Å². The van der Waals surface area contributed by atoms with Crippen LogP contribution in [0.4, 0.5) is 4.79 Å². The maximum Gasteiger partial charge on any atom is 0.332 e. The van der Waals surface area contributed by atoms with Crippen LogP contribution >= 0.6 is 11.8 Å². The maximum absolute atomic E-state index is 12.2. The number of carboxylic acids is 1. The summed E-state index contributed by atoms with van der Waals surface area (Å²) in [6.07, 6.45) is 0.320. The van der Waals surface area contributed by atoms with Gasteiger partial charge in [-0.3, -0.25) is 0 Å². The van der Waals surface area contributed by atoms with Gasteiger partial charge in [-0.25, -0.2) is 9.59 Å². The molecular weight excluding hydrogens is 268 g/mol. The fourth-order valence-electron chi connectivity index (χ4n) is 2.36. The number of ether oxygens (including phenoxy) is 1. The Labute approximate surface area is 116 Å². The summed E-state index contributed by atoms with van der Waals surface area (Å²) < 4.78 is 5.14. The van der Waals surface area contributed by atoms with Crippen LogP contribution in [-0.2, 0) is 9.53 Å². The molecule has 1 atom stereocenters. The molecule has 2 heterocycles. The molecule has 0 aromatic rings. The second kappa shape index (κ2) is 5.20. The summed E-state index contributed by atoms with van der Waals surface area (Å²) in [4.78, 5) is 25.3. The average Bonchev–Trinajstić information content (AvgIpc) is 2.77. The molecule has 0 bridgehead atoms. The van der Waals surface area contributed by atoms with E-state index in [1.54, 1.807) is 4.90 Å². The van der Waals surface area contributed by atoms with E-state index in [0.717, 1.165) is 5.75 Å². The lowest BCUT2D eigenvalue weighted by Gasteiger charge is -2.38. The first-order valence-electron chi connectivity index (χ1n) is 6.37. The van der Waals surface area contributed by atoms with Gasteiger partial charge < -0.3 is 20.1 Å². The fourth-order valence-corrected chi connectivity index (χ4v) is 3.47. The molecule has 2 saturated heterocycles. The third-order valence-corrected chi connectivity index (χ3v) is 4.79. The van der Waals surface area contributed by atoms with Crippen LogP contribution < -0.4 is 5.32 Å². The number of nitrogens with zero attached hydrogens (tertiary/aromatic N) is 1. The molecule has 1 unspecified atom stereocenters. The van der Waals surface area contributed by atoms with E-state index in [2.05, 4.69) is 19.2 Å². The first-order chi connectivity index (χ1) is 8.85. The monoisotopic (exact) mass is 288 g/mol. The highest BCUT2D eigenvalue weighted by atomic mass is 32.2. The minimum Gasteiger partial charge on any atom is -0.479 e. The molecule has 2 N–H and O–H groups in total. The van der Waals surface area contributed by atoms with Crippen molar-refractivity contribution in [3.63, 3.8) is 0 Å². The molecule has 19 heavy (non-hydrogen) atoms. The summed E-state index contributed by atoms with van der Waals surface area (Å²) in [6.45, 7) is 5.86. The highest BCUT2D eigenvalue weighted by molar-refractivity contribution is 8.00. The molecular formula is C12H20N2O4S. The summed E-state index contributed by atoms with van der Waals surface area (Å²) >= 11 is 1.83. The molecule has 2 aliphatic heterocycles. The van der Waals surface area contributed by atoms with E-state index in [-0.39, 0.29) is 17.4 Å². The number of hydrogen-bond donors (Lipinski definition) is 2. The van der Waals surface area contributed by atoms with Gasteiger partial charge in [-0.05, 0) is 13.8 Å². The third-order valence-electron chi connectivity index (χ3n) is 3.49. The highest BCUT2D eigenvalue weighted by Crippen LogP contribution is 2.30. The molecule has 0 saturated carbocycles. The predicted octanol–water partition coefficient (Wildman–Crippen LogP) is 0.767. The maximum atomic E-state index is 12.2. The number of thioether (sulfide) groups is 1. The van der Waals surface area contributed by atoms with Gasteiger partial charge in [-0.15, -0.1) is 0 Å². The van der Waals surface area contributed by atoms with Crippen molar-refractivity contribution in [2.45, 2.75) is 30.6 Å². The third kappa shape index (κ3) is 3.14. The van der Waals surface area contributed by atoms with Crippen molar-refractivity contribution in [1.82, 2.24) is 10.2 Å². The largest absolute Gasteiger partial charge is 0.479 e. The van der Waals surface area contributed by atoms with Crippen LogP contribution in [0.1, 0.15) is 20.3 Å². The number of amides is 2. The van der Waals surface area contributed by atoms with Crippen molar-refractivity contribution in [1.29, 1.82) is 0 Å². The standard InChI is InChI=1S/C12H20N2O4S/c1-11(2)7-14(4-6-19-11)10(17)13-12(9(15)16)3-5-18-8-12/h3-8H2,1-2H3,(H,13,17)(H,15,16). The van der Waals surface area contributed by atoms with E-state index >= 15 is 0 Å². The minimum absolute atomic E-state index is 0.0121. The Hall–Kier alpha value is -0.950. The molecule has 7 heteroatoms. The van der Waals surface area contributed by atoms with Gasteiger partial charge in [0, 0.05) is 36.6 Å². The summed E-state index contributed by atoms with van der Waals surface area (Å²) in [5, 5.41) is 11.9. The van der Waals surface area contributed by atoms with Gasteiger partial charge in [0.1, 0.15) is 0 Å². The number of carbonyl (C=O) groups is 2. The van der Waals surface area contributed by atoms with Crippen molar-refractivity contribution in [2.75, 3.05) is 32.1 Å². The Morgan fingerprint density at radius 3 is 2.68 bits per heavy atom. The van der Waals surface area contributed by atoms with Crippen LogP contribution in [-0.4, -0.2) is 64.3 Å². The SMILES string of the molecule is CC1(C)CN(C(=O)NC2(C(=O)O)CCOC2)CCS1. The number of aliphatic carboxylic acids is 1. The van der Waals surface area contributed by atoms with Gasteiger partial charge in [0.05, 0.1) is 6.61 Å². The van der Waals surface area contributed by atoms with Crippen LogP contribution in [0.15, 0.2) is 0 Å². The highest BCUT2D eigenvalue weighted by Gasteiger charge is 2.45. The molecule has 0 aromatic carbocycles. The van der Waals surface area contributed by atoms with Crippen molar-refractivity contribution in [3.05, 3.63) is 0 Å². The quantitative estimate of drug-likeness (QED) is 0.784. The van der Waals surface area contributed by atoms with Gasteiger partial charge in [0.25, 0.3) is 0 Å². The number of urea groups is 1. The average molecular weight is 288 g/mol. The first kappa shape index (κ1) is 14.5. The van der Waals surface area contributed by atoms with Crippen molar-refractivity contribution in [3.8, 4) is 0 Å². The lowest BCUT2D eigenvalue weighted by Crippen LogP contribution is -2.60. The Morgan fingerprint density at radius 2 is 2.16 bits per heavy atom. The van der Waals surface area contributed by atoms with Crippen LogP contribution in [0, 0.1) is 0 Å². The van der Waals surface area contributed by atoms with Crippen molar-refractivity contribution in [2.24, 2.45) is 0 Å². The molecule has 2 amide bonds. The summed E-state index contributed by atoms with van der Waals surface area (Å²) in [5.74, 6) is -0.152. The Kier molecular flexibility index (Phi) is 3.96. The lowest BCUT2D eigenvalue weighted by atomic mass is 9.99. The number of carboxylic acid groups (broad SMARTS) is 1. The molecule has 2 aliphatic rings. The smallest absolute Gasteiger partial charge is 0.332 e.